The number of nitrogens with one attached hydrogen (secondary N) is 1. The summed E-state index contributed by atoms with van der Waals surface area (Å²) >= 11 is 0. The summed E-state index contributed by atoms with van der Waals surface area (Å²) in [6.07, 6.45) is 5.90. The molecule has 0 bridgehead atoms. The van der Waals surface area contributed by atoms with Gasteiger partial charge in [0.15, 0.2) is 0 Å². The van der Waals surface area contributed by atoms with Crippen molar-refractivity contribution in [1.82, 2.24) is 5.32 Å². The molecule has 0 heterocycles. The van der Waals surface area contributed by atoms with Crippen LogP contribution < -0.4 is 5.32 Å². The second kappa shape index (κ2) is 6.91. The van der Waals surface area contributed by atoms with Crippen LogP contribution in [0.2, 0.25) is 0 Å². The van der Waals surface area contributed by atoms with Crippen LogP contribution in [0, 0.1) is 17.8 Å². The van der Waals surface area contributed by atoms with Crippen LogP contribution in [0.5, 0.6) is 0 Å². The molecule has 2 nitrogen and oxygen atoms in total. The number of aliphatic hydroxyl groups is 1. The predicted octanol–water partition coefficient (Wildman–Crippen LogP) is 3.59. The summed E-state index contributed by atoms with van der Waals surface area (Å²) in [5.41, 5.74) is -0.545. The van der Waals surface area contributed by atoms with E-state index < -0.39 is 5.60 Å². The molecule has 0 aromatic carbocycles. The Morgan fingerprint density at radius 1 is 1.33 bits per heavy atom. The lowest BCUT2D eigenvalue weighted by Gasteiger charge is -2.39. The van der Waals surface area contributed by atoms with Gasteiger partial charge < -0.3 is 10.4 Å². The van der Waals surface area contributed by atoms with Gasteiger partial charge in [0.2, 0.25) is 0 Å². The Hall–Kier alpha value is -0.0800. The molecule has 2 heteroatoms. The Kier molecular flexibility index (Phi) is 6.13. The molecular weight excluding hydrogens is 222 g/mol. The zero-order chi connectivity index (χ0) is 13.8. The van der Waals surface area contributed by atoms with Gasteiger partial charge in [0.05, 0.1) is 5.60 Å². The van der Waals surface area contributed by atoms with E-state index in [-0.39, 0.29) is 0 Å². The molecule has 108 valence electrons. The van der Waals surface area contributed by atoms with Crippen molar-refractivity contribution >= 4 is 0 Å². The van der Waals surface area contributed by atoms with Crippen molar-refractivity contribution in [2.24, 2.45) is 17.8 Å². The van der Waals surface area contributed by atoms with Crippen LogP contribution in [0.3, 0.4) is 0 Å². The molecule has 0 aliphatic heterocycles. The molecule has 0 amide bonds. The molecule has 1 saturated carbocycles. The quantitative estimate of drug-likeness (QED) is 0.760. The Balaban J connectivity index is 2.50. The highest BCUT2D eigenvalue weighted by molar-refractivity contribution is 4.87. The third-order valence-corrected chi connectivity index (χ3v) is 4.56. The summed E-state index contributed by atoms with van der Waals surface area (Å²) < 4.78 is 0. The lowest BCUT2D eigenvalue weighted by Crippen LogP contribution is -2.48. The van der Waals surface area contributed by atoms with Crippen LogP contribution in [0.15, 0.2) is 0 Å². The lowest BCUT2D eigenvalue weighted by molar-refractivity contribution is 0.0384. The molecule has 0 aromatic heterocycles. The van der Waals surface area contributed by atoms with Gasteiger partial charge in [0.1, 0.15) is 0 Å². The molecule has 0 spiro atoms. The van der Waals surface area contributed by atoms with Gasteiger partial charge in [-0.3, -0.25) is 0 Å². The Morgan fingerprint density at radius 2 is 2.00 bits per heavy atom. The van der Waals surface area contributed by atoms with E-state index in [1.54, 1.807) is 0 Å². The van der Waals surface area contributed by atoms with Crippen LogP contribution in [0.25, 0.3) is 0 Å². The van der Waals surface area contributed by atoms with E-state index in [1.165, 1.54) is 19.3 Å². The minimum absolute atomic E-state index is 0.545. The van der Waals surface area contributed by atoms with Gasteiger partial charge in [0.25, 0.3) is 0 Å². The standard InChI is InChI=1S/C16H33NO/c1-6-9-16(5,18)11-17-15-10-13(4)7-8-14(15)12(2)3/h12-15,17-18H,6-11H2,1-5H3. The summed E-state index contributed by atoms with van der Waals surface area (Å²) in [6, 6.07) is 0.595. The zero-order valence-corrected chi connectivity index (χ0v) is 13.0. The van der Waals surface area contributed by atoms with Gasteiger partial charge in [-0.05, 0) is 43.9 Å². The maximum atomic E-state index is 10.3. The first kappa shape index (κ1) is 16.0. The van der Waals surface area contributed by atoms with Crippen molar-refractivity contribution in [3.05, 3.63) is 0 Å². The molecule has 18 heavy (non-hydrogen) atoms. The Bertz CT molecular complexity index is 237. The minimum Gasteiger partial charge on any atom is -0.389 e. The number of hydrogen-bond donors (Lipinski definition) is 2. The second-order valence-corrected chi connectivity index (χ2v) is 7.06. The fourth-order valence-electron chi connectivity index (χ4n) is 3.41. The Labute approximate surface area is 114 Å². The van der Waals surface area contributed by atoms with E-state index in [9.17, 15) is 5.11 Å². The maximum absolute atomic E-state index is 10.3. The van der Waals surface area contributed by atoms with Crippen LogP contribution in [-0.2, 0) is 0 Å². The summed E-state index contributed by atoms with van der Waals surface area (Å²) in [5.74, 6) is 2.35. The molecular formula is C16H33NO. The summed E-state index contributed by atoms with van der Waals surface area (Å²) in [5, 5.41) is 13.9. The van der Waals surface area contributed by atoms with E-state index >= 15 is 0 Å². The molecule has 1 rings (SSSR count). The molecule has 1 fully saturated rings. The molecule has 4 atom stereocenters. The zero-order valence-electron chi connectivity index (χ0n) is 13.0. The van der Waals surface area contributed by atoms with Gasteiger partial charge >= 0.3 is 0 Å². The van der Waals surface area contributed by atoms with E-state index in [2.05, 4.69) is 33.0 Å². The van der Waals surface area contributed by atoms with Crippen LogP contribution in [0.4, 0.5) is 0 Å². The lowest BCUT2D eigenvalue weighted by atomic mass is 9.74. The summed E-state index contributed by atoms with van der Waals surface area (Å²) in [6.45, 7) is 11.9. The third-order valence-electron chi connectivity index (χ3n) is 4.56. The largest absolute Gasteiger partial charge is 0.389 e. The van der Waals surface area contributed by atoms with E-state index in [0.717, 1.165) is 37.1 Å². The average Bonchev–Trinajstić information content (AvgIpc) is 2.26. The maximum Gasteiger partial charge on any atom is 0.0743 e. The molecule has 2 N–H and O–H groups in total. The van der Waals surface area contributed by atoms with Gasteiger partial charge in [-0.15, -0.1) is 0 Å². The molecule has 0 saturated heterocycles. The van der Waals surface area contributed by atoms with Crippen molar-refractivity contribution in [3.63, 3.8) is 0 Å². The van der Waals surface area contributed by atoms with Crippen molar-refractivity contribution in [2.75, 3.05) is 6.54 Å². The fraction of sp³-hybridized carbons (Fsp3) is 1.00. The van der Waals surface area contributed by atoms with Crippen molar-refractivity contribution in [1.29, 1.82) is 0 Å². The molecule has 0 aromatic rings. The molecule has 0 radical (unpaired) electrons. The molecule has 1 aliphatic rings. The highest BCUT2D eigenvalue weighted by Crippen LogP contribution is 2.33. The third kappa shape index (κ3) is 4.89. The SMILES string of the molecule is CCCC(C)(O)CNC1CC(C)CCC1C(C)C. The highest BCUT2D eigenvalue weighted by Gasteiger charge is 2.31. The summed E-state index contributed by atoms with van der Waals surface area (Å²) in [4.78, 5) is 0. The second-order valence-electron chi connectivity index (χ2n) is 7.06. The molecule has 4 unspecified atom stereocenters. The average molecular weight is 255 g/mol. The van der Waals surface area contributed by atoms with Crippen molar-refractivity contribution < 1.29 is 5.11 Å². The van der Waals surface area contributed by atoms with Crippen LogP contribution in [-0.4, -0.2) is 23.3 Å². The minimum atomic E-state index is -0.545. The van der Waals surface area contributed by atoms with Gasteiger partial charge in [-0.25, -0.2) is 0 Å². The van der Waals surface area contributed by atoms with E-state index in [1.807, 2.05) is 6.92 Å². The van der Waals surface area contributed by atoms with Gasteiger partial charge in [-0.1, -0.05) is 40.5 Å². The smallest absolute Gasteiger partial charge is 0.0743 e. The number of rotatable bonds is 6. The van der Waals surface area contributed by atoms with Crippen molar-refractivity contribution in [3.8, 4) is 0 Å². The first-order valence-electron chi connectivity index (χ1n) is 7.81. The van der Waals surface area contributed by atoms with Gasteiger partial charge in [-0.2, -0.15) is 0 Å². The first-order chi connectivity index (χ1) is 8.35. The Morgan fingerprint density at radius 3 is 2.56 bits per heavy atom. The molecule has 1 aliphatic carbocycles. The first-order valence-corrected chi connectivity index (χ1v) is 7.81. The van der Waals surface area contributed by atoms with E-state index in [0.29, 0.717) is 6.04 Å². The van der Waals surface area contributed by atoms with Crippen LogP contribution in [0.1, 0.15) is 66.7 Å². The monoisotopic (exact) mass is 255 g/mol. The predicted molar refractivity (Wildman–Crippen MR) is 78.7 cm³/mol. The topological polar surface area (TPSA) is 32.3 Å². The number of hydrogen-bond acceptors (Lipinski definition) is 2. The van der Waals surface area contributed by atoms with Crippen LogP contribution >= 0.6 is 0 Å². The van der Waals surface area contributed by atoms with E-state index in [4.69, 9.17) is 0 Å². The fourth-order valence-corrected chi connectivity index (χ4v) is 3.41. The highest BCUT2D eigenvalue weighted by atomic mass is 16.3. The van der Waals surface area contributed by atoms with Crippen molar-refractivity contribution in [2.45, 2.75) is 78.4 Å². The summed E-state index contributed by atoms with van der Waals surface area (Å²) in [7, 11) is 0. The normalized spacial score (nSPS) is 32.5. The van der Waals surface area contributed by atoms with Gasteiger partial charge in [0, 0.05) is 12.6 Å².